The Morgan fingerprint density at radius 1 is 1.40 bits per heavy atom. The van der Waals surface area contributed by atoms with E-state index in [2.05, 4.69) is 0 Å². The van der Waals surface area contributed by atoms with Crippen LogP contribution >= 0.6 is 0 Å². The van der Waals surface area contributed by atoms with E-state index < -0.39 is 5.97 Å². The van der Waals surface area contributed by atoms with E-state index in [1.54, 1.807) is 0 Å². The Morgan fingerprint density at radius 3 is 2.67 bits per heavy atom. The second-order valence-corrected chi connectivity index (χ2v) is 3.41. The van der Waals surface area contributed by atoms with Gasteiger partial charge >= 0.3 is 5.97 Å². The van der Waals surface area contributed by atoms with Gasteiger partial charge in [0.05, 0.1) is 6.42 Å². The molecule has 0 radical (unpaired) electrons. The normalized spacial score (nSPS) is 12.9. The third kappa shape index (κ3) is 4.98. The molecule has 0 aromatic heterocycles. The van der Waals surface area contributed by atoms with Crippen LogP contribution in [0, 0.1) is 0 Å². The van der Waals surface area contributed by atoms with Crippen LogP contribution in [-0.2, 0) is 4.79 Å². The topological polar surface area (TPSA) is 63.3 Å². The van der Waals surface area contributed by atoms with E-state index in [4.69, 9.17) is 10.8 Å². The van der Waals surface area contributed by atoms with Crippen molar-refractivity contribution in [3.63, 3.8) is 0 Å². The van der Waals surface area contributed by atoms with Crippen molar-refractivity contribution in [1.29, 1.82) is 0 Å². The molecule has 0 bridgehead atoms. The summed E-state index contributed by atoms with van der Waals surface area (Å²) in [6.07, 6.45) is 4.45. The van der Waals surface area contributed by atoms with E-state index >= 15 is 0 Å². The second-order valence-electron chi connectivity index (χ2n) is 3.41. The Hall–Kier alpha value is -1.61. The first-order chi connectivity index (χ1) is 7.18. The molecular weight excluding hydrogens is 190 g/mol. The first-order valence-electron chi connectivity index (χ1n) is 4.87. The Kier molecular flexibility index (Phi) is 4.57. The Bertz CT molecular complexity index is 333. The van der Waals surface area contributed by atoms with Gasteiger partial charge < -0.3 is 10.8 Å². The van der Waals surface area contributed by atoms with Gasteiger partial charge in [-0.15, -0.1) is 0 Å². The van der Waals surface area contributed by atoms with Crippen molar-refractivity contribution >= 4 is 12.0 Å². The summed E-state index contributed by atoms with van der Waals surface area (Å²) >= 11 is 0. The van der Waals surface area contributed by atoms with Gasteiger partial charge in [-0.05, 0) is 12.0 Å². The summed E-state index contributed by atoms with van der Waals surface area (Å²) in [6.45, 7) is 0. The Balaban J connectivity index is 2.37. The highest BCUT2D eigenvalue weighted by atomic mass is 16.4. The highest BCUT2D eigenvalue weighted by Crippen LogP contribution is 2.03. The average Bonchev–Trinajstić information content (AvgIpc) is 2.18. The molecule has 0 saturated carbocycles. The van der Waals surface area contributed by atoms with E-state index in [0.717, 1.165) is 5.56 Å². The molecule has 0 saturated heterocycles. The van der Waals surface area contributed by atoms with Gasteiger partial charge in [-0.25, -0.2) is 0 Å². The van der Waals surface area contributed by atoms with Crippen molar-refractivity contribution in [2.45, 2.75) is 18.9 Å². The van der Waals surface area contributed by atoms with E-state index in [0.29, 0.717) is 6.42 Å². The van der Waals surface area contributed by atoms with Crippen molar-refractivity contribution in [3.8, 4) is 0 Å². The minimum Gasteiger partial charge on any atom is -0.481 e. The summed E-state index contributed by atoms with van der Waals surface area (Å²) in [6, 6.07) is 9.53. The van der Waals surface area contributed by atoms with Crippen molar-refractivity contribution < 1.29 is 9.90 Å². The fourth-order valence-electron chi connectivity index (χ4n) is 1.25. The maximum atomic E-state index is 10.3. The van der Waals surface area contributed by atoms with Gasteiger partial charge in [-0.2, -0.15) is 0 Å². The van der Waals surface area contributed by atoms with Gasteiger partial charge in [0.25, 0.3) is 0 Å². The van der Waals surface area contributed by atoms with Crippen LogP contribution in [-0.4, -0.2) is 17.1 Å². The number of aliphatic carboxylic acids is 1. The molecule has 15 heavy (non-hydrogen) atoms. The number of hydrogen-bond acceptors (Lipinski definition) is 2. The summed E-state index contributed by atoms with van der Waals surface area (Å²) in [5.74, 6) is -0.851. The largest absolute Gasteiger partial charge is 0.481 e. The van der Waals surface area contributed by atoms with Crippen molar-refractivity contribution in [2.24, 2.45) is 5.73 Å². The number of nitrogens with two attached hydrogens (primary N) is 1. The highest BCUT2D eigenvalue weighted by molar-refractivity contribution is 5.67. The van der Waals surface area contributed by atoms with Gasteiger partial charge in [0.2, 0.25) is 0 Å². The standard InChI is InChI=1S/C12H15NO2/c13-11(9-12(14)15)8-4-7-10-5-2-1-3-6-10/h1-7,11H,8-9,13H2,(H,14,15)/b7-4-/t11-/m1/s1. The van der Waals surface area contributed by atoms with Crippen LogP contribution in [0.15, 0.2) is 36.4 Å². The van der Waals surface area contributed by atoms with Crippen molar-refractivity contribution in [3.05, 3.63) is 42.0 Å². The number of carboxylic acids is 1. The quantitative estimate of drug-likeness (QED) is 0.771. The van der Waals surface area contributed by atoms with E-state index in [-0.39, 0.29) is 12.5 Å². The highest BCUT2D eigenvalue weighted by Gasteiger charge is 2.04. The molecule has 3 heteroatoms. The van der Waals surface area contributed by atoms with E-state index in [9.17, 15) is 4.79 Å². The molecule has 0 aliphatic heterocycles. The molecule has 1 atom stereocenters. The number of carbonyl (C=O) groups is 1. The molecule has 0 spiro atoms. The first-order valence-corrected chi connectivity index (χ1v) is 4.87. The average molecular weight is 205 g/mol. The van der Waals surface area contributed by atoms with Gasteiger partial charge in [0.1, 0.15) is 0 Å². The van der Waals surface area contributed by atoms with Crippen LogP contribution in [0.25, 0.3) is 6.08 Å². The third-order valence-electron chi connectivity index (χ3n) is 1.99. The predicted octanol–water partition coefficient (Wildman–Crippen LogP) is 1.89. The predicted molar refractivity (Wildman–Crippen MR) is 60.3 cm³/mol. The fourth-order valence-corrected chi connectivity index (χ4v) is 1.25. The zero-order valence-corrected chi connectivity index (χ0v) is 8.47. The van der Waals surface area contributed by atoms with Crippen LogP contribution < -0.4 is 5.73 Å². The molecule has 0 amide bonds. The summed E-state index contributed by atoms with van der Waals surface area (Å²) in [5.41, 5.74) is 6.70. The van der Waals surface area contributed by atoms with E-state index in [1.165, 1.54) is 0 Å². The molecule has 0 aliphatic carbocycles. The molecule has 80 valence electrons. The van der Waals surface area contributed by atoms with Crippen LogP contribution in [0.2, 0.25) is 0 Å². The summed E-state index contributed by atoms with van der Waals surface area (Å²) in [5, 5.41) is 8.50. The van der Waals surface area contributed by atoms with Crippen molar-refractivity contribution in [1.82, 2.24) is 0 Å². The molecule has 3 nitrogen and oxygen atoms in total. The fraction of sp³-hybridized carbons (Fsp3) is 0.250. The summed E-state index contributed by atoms with van der Waals surface area (Å²) in [7, 11) is 0. The number of hydrogen-bond donors (Lipinski definition) is 2. The van der Waals surface area contributed by atoms with Crippen LogP contribution in [0.3, 0.4) is 0 Å². The lowest BCUT2D eigenvalue weighted by atomic mass is 10.1. The minimum atomic E-state index is -0.851. The third-order valence-corrected chi connectivity index (χ3v) is 1.99. The summed E-state index contributed by atoms with van der Waals surface area (Å²) < 4.78 is 0. The maximum absolute atomic E-state index is 10.3. The lowest BCUT2D eigenvalue weighted by Gasteiger charge is -2.03. The molecule has 1 aromatic rings. The van der Waals surface area contributed by atoms with E-state index in [1.807, 2.05) is 42.5 Å². The van der Waals surface area contributed by atoms with Gasteiger partial charge in [-0.1, -0.05) is 42.5 Å². The zero-order chi connectivity index (χ0) is 11.1. The zero-order valence-electron chi connectivity index (χ0n) is 8.47. The number of rotatable bonds is 5. The van der Waals surface area contributed by atoms with Crippen LogP contribution in [0.5, 0.6) is 0 Å². The molecule has 1 rings (SSSR count). The SMILES string of the molecule is N[C@H](C/C=C\c1ccccc1)CC(=O)O. The van der Waals surface area contributed by atoms with Gasteiger partial charge in [-0.3, -0.25) is 4.79 Å². The number of carboxylic acid groups (broad SMARTS) is 1. The van der Waals surface area contributed by atoms with Gasteiger partial charge in [0.15, 0.2) is 0 Å². The van der Waals surface area contributed by atoms with Crippen LogP contribution in [0.1, 0.15) is 18.4 Å². The molecule has 0 heterocycles. The Morgan fingerprint density at radius 2 is 2.07 bits per heavy atom. The van der Waals surface area contributed by atoms with Gasteiger partial charge in [0, 0.05) is 6.04 Å². The lowest BCUT2D eigenvalue weighted by Crippen LogP contribution is -2.22. The van der Waals surface area contributed by atoms with Crippen molar-refractivity contribution in [2.75, 3.05) is 0 Å². The second kappa shape index (κ2) is 5.98. The Labute approximate surface area is 89.2 Å². The minimum absolute atomic E-state index is 0.0130. The van der Waals surface area contributed by atoms with Crippen LogP contribution in [0.4, 0.5) is 0 Å². The molecule has 1 aromatic carbocycles. The first kappa shape index (κ1) is 11.5. The molecule has 0 unspecified atom stereocenters. The molecular formula is C12H15NO2. The maximum Gasteiger partial charge on any atom is 0.304 e. The number of benzene rings is 1. The summed E-state index contributed by atoms with van der Waals surface area (Å²) in [4.78, 5) is 10.3. The monoisotopic (exact) mass is 205 g/mol. The smallest absolute Gasteiger partial charge is 0.304 e. The molecule has 0 aliphatic rings. The molecule has 3 N–H and O–H groups in total. The molecule has 0 fully saturated rings. The lowest BCUT2D eigenvalue weighted by molar-refractivity contribution is -0.137.